The van der Waals surface area contributed by atoms with E-state index in [2.05, 4.69) is 44.2 Å². The summed E-state index contributed by atoms with van der Waals surface area (Å²) in [5.74, 6) is -1.32. The Kier molecular flexibility index (Phi) is 7.59. The van der Waals surface area contributed by atoms with E-state index in [1.54, 1.807) is 12.1 Å². The fraction of sp³-hybridized carbons (Fsp3) is 0.103. The van der Waals surface area contributed by atoms with Crippen molar-refractivity contribution in [3.8, 4) is 17.3 Å². The van der Waals surface area contributed by atoms with Crippen LogP contribution in [0.2, 0.25) is 0 Å². The Morgan fingerprint density at radius 2 is 1.14 bits per heavy atom. The number of hydrogen-bond donors (Lipinski definition) is 0. The number of rotatable bonds is 7. The molecule has 2 heterocycles. The molecule has 0 fully saturated rings. The molecule has 0 spiro atoms. The molecule has 6 rings (SSSR count). The normalized spacial score (nSPS) is 11.6. The van der Waals surface area contributed by atoms with E-state index < -0.39 is 22.5 Å². The fourth-order valence-corrected chi connectivity index (χ4v) is 5.87. The molecule has 4 aromatic carbocycles. The van der Waals surface area contributed by atoms with Gasteiger partial charge in [0.25, 0.3) is 0 Å². The van der Waals surface area contributed by atoms with Crippen molar-refractivity contribution in [3.05, 3.63) is 190 Å². The fourth-order valence-electron chi connectivity index (χ4n) is 5.87. The first-order chi connectivity index (χ1) is 21.3. The number of nitriles is 1. The minimum Gasteiger partial charge on any atom is -0.255 e. The lowest BCUT2D eigenvalue weighted by Crippen LogP contribution is -2.34. The molecule has 0 aliphatic rings. The zero-order valence-electron chi connectivity index (χ0n) is 24.4. The van der Waals surface area contributed by atoms with Crippen LogP contribution >= 0.6 is 0 Å². The van der Waals surface area contributed by atoms with Crippen LogP contribution in [0.25, 0.3) is 11.3 Å². The van der Waals surface area contributed by atoms with Crippen LogP contribution in [0.5, 0.6) is 0 Å². The number of nitrogens with zero attached hydrogens (tertiary/aromatic N) is 3. The third-order valence-corrected chi connectivity index (χ3v) is 8.24. The summed E-state index contributed by atoms with van der Waals surface area (Å²) in [4.78, 5) is 10.4. The lowest BCUT2D eigenvalue weighted by atomic mass is 9.68. The van der Waals surface area contributed by atoms with Crippen LogP contribution < -0.4 is 0 Å². The van der Waals surface area contributed by atoms with Crippen molar-refractivity contribution in [2.45, 2.75) is 24.7 Å². The van der Waals surface area contributed by atoms with Gasteiger partial charge in [0, 0.05) is 17.0 Å². The average Bonchev–Trinajstić information content (AvgIpc) is 3.06. The standard InChI is InChI=1S/C39H29F2N3/c1-38(2,30-17-9-12-27(24-30)26-42)35-19-11-21-37(44-35)39(28-13-5-3-6-14-28,29-15-7-4-8-16-29)36-20-10-18-34(43-36)32-23-22-31(40)25-33(32)41/h3-25H,1-2H3. The van der Waals surface area contributed by atoms with Crippen LogP contribution in [-0.2, 0) is 10.8 Å². The summed E-state index contributed by atoms with van der Waals surface area (Å²) in [5.41, 5.74) is 4.71. The van der Waals surface area contributed by atoms with Crippen LogP contribution in [0.1, 0.15) is 53.2 Å². The molecule has 3 nitrogen and oxygen atoms in total. The van der Waals surface area contributed by atoms with Gasteiger partial charge in [0.1, 0.15) is 17.0 Å². The monoisotopic (exact) mass is 577 g/mol. The number of benzene rings is 4. The highest BCUT2D eigenvalue weighted by Gasteiger charge is 2.42. The molecule has 5 heteroatoms. The van der Waals surface area contributed by atoms with Crippen molar-refractivity contribution in [1.82, 2.24) is 9.97 Å². The predicted octanol–water partition coefficient (Wildman–Crippen LogP) is 9.00. The molecule has 44 heavy (non-hydrogen) atoms. The second-order valence-corrected chi connectivity index (χ2v) is 11.2. The Hall–Kier alpha value is -5.47. The smallest absolute Gasteiger partial charge is 0.135 e. The van der Waals surface area contributed by atoms with Crippen LogP contribution in [0.15, 0.2) is 140 Å². The van der Waals surface area contributed by atoms with Gasteiger partial charge < -0.3 is 0 Å². The zero-order chi connectivity index (χ0) is 30.7. The van der Waals surface area contributed by atoms with Crippen LogP contribution in [0.4, 0.5) is 8.78 Å². The van der Waals surface area contributed by atoms with Gasteiger partial charge in [-0.15, -0.1) is 0 Å². The van der Waals surface area contributed by atoms with Gasteiger partial charge in [-0.25, -0.2) is 8.78 Å². The molecule has 0 aliphatic heterocycles. The maximum atomic E-state index is 15.0. The second-order valence-electron chi connectivity index (χ2n) is 11.2. The third-order valence-electron chi connectivity index (χ3n) is 8.24. The minimum absolute atomic E-state index is 0.212. The number of halogens is 2. The highest BCUT2D eigenvalue weighted by Crippen LogP contribution is 2.45. The summed E-state index contributed by atoms with van der Waals surface area (Å²) in [6, 6.07) is 44.9. The summed E-state index contributed by atoms with van der Waals surface area (Å²) in [6.45, 7) is 4.19. The molecule has 0 saturated carbocycles. The van der Waals surface area contributed by atoms with Gasteiger partial charge >= 0.3 is 0 Å². The quantitative estimate of drug-likeness (QED) is 0.190. The lowest BCUT2D eigenvalue weighted by molar-refractivity contribution is 0.584. The maximum Gasteiger partial charge on any atom is 0.135 e. The Labute approximate surface area is 256 Å². The molecule has 2 aromatic heterocycles. The topological polar surface area (TPSA) is 49.6 Å². The van der Waals surface area contributed by atoms with E-state index in [1.807, 2.05) is 84.9 Å². The first-order valence-corrected chi connectivity index (χ1v) is 14.4. The molecule has 0 aliphatic carbocycles. The van der Waals surface area contributed by atoms with E-state index >= 15 is 4.39 Å². The number of aromatic nitrogens is 2. The summed E-state index contributed by atoms with van der Waals surface area (Å²) >= 11 is 0. The molecule has 0 saturated heterocycles. The Morgan fingerprint density at radius 3 is 1.77 bits per heavy atom. The van der Waals surface area contributed by atoms with Gasteiger partial charge in [-0.2, -0.15) is 5.26 Å². The Morgan fingerprint density at radius 1 is 0.568 bits per heavy atom. The third kappa shape index (κ3) is 5.05. The van der Waals surface area contributed by atoms with Gasteiger partial charge in [0.15, 0.2) is 0 Å². The van der Waals surface area contributed by atoms with Crippen LogP contribution in [-0.4, -0.2) is 9.97 Å². The molecule has 0 N–H and O–H groups in total. The van der Waals surface area contributed by atoms with E-state index in [1.165, 1.54) is 12.1 Å². The molecule has 0 amide bonds. The van der Waals surface area contributed by atoms with Gasteiger partial charge in [0.05, 0.1) is 34.4 Å². The summed E-state index contributed by atoms with van der Waals surface area (Å²) in [7, 11) is 0. The second kappa shape index (κ2) is 11.7. The van der Waals surface area contributed by atoms with Gasteiger partial charge in [-0.1, -0.05) is 98.8 Å². The van der Waals surface area contributed by atoms with Crippen molar-refractivity contribution in [2.75, 3.05) is 0 Å². The van der Waals surface area contributed by atoms with Crippen molar-refractivity contribution in [2.24, 2.45) is 0 Å². The van der Waals surface area contributed by atoms with Crippen molar-refractivity contribution in [3.63, 3.8) is 0 Å². The first-order valence-electron chi connectivity index (χ1n) is 14.4. The zero-order valence-corrected chi connectivity index (χ0v) is 24.4. The molecule has 0 atom stereocenters. The summed E-state index contributed by atoms with van der Waals surface area (Å²) < 4.78 is 28.8. The van der Waals surface area contributed by atoms with E-state index in [4.69, 9.17) is 9.97 Å². The van der Waals surface area contributed by atoms with E-state index in [0.717, 1.165) is 34.1 Å². The summed E-state index contributed by atoms with van der Waals surface area (Å²) in [6.07, 6.45) is 0. The Bertz CT molecular complexity index is 1940. The Balaban J connectivity index is 1.65. The highest BCUT2D eigenvalue weighted by molar-refractivity contribution is 5.63. The van der Waals surface area contributed by atoms with Gasteiger partial charge in [-0.3, -0.25) is 9.97 Å². The molecular weight excluding hydrogens is 548 g/mol. The minimum atomic E-state index is -0.990. The van der Waals surface area contributed by atoms with Crippen molar-refractivity contribution in [1.29, 1.82) is 5.26 Å². The molecule has 0 bridgehead atoms. The molecule has 214 valence electrons. The average molecular weight is 578 g/mol. The highest BCUT2D eigenvalue weighted by atomic mass is 19.1. The van der Waals surface area contributed by atoms with Crippen LogP contribution in [0, 0.1) is 23.0 Å². The van der Waals surface area contributed by atoms with Gasteiger partial charge in [-0.05, 0) is 65.2 Å². The van der Waals surface area contributed by atoms with E-state index in [-0.39, 0.29) is 5.56 Å². The molecule has 0 unspecified atom stereocenters. The number of hydrogen-bond acceptors (Lipinski definition) is 3. The van der Waals surface area contributed by atoms with E-state index in [0.29, 0.717) is 17.0 Å². The van der Waals surface area contributed by atoms with Crippen molar-refractivity contribution < 1.29 is 8.78 Å². The predicted molar refractivity (Wildman–Crippen MR) is 169 cm³/mol. The van der Waals surface area contributed by atoms with Crippen molar-refractivity contribution >= 4 is 0 Å². The molecule has 6 aromatic rings. The molecular formula is C39H29F2N3. The van der Waals surface area contributed by atoms with E-state index in [9.17, 15) is 9.65 Å². The van der Waals surface area contributed by atoms with Crippen LogP contribution in [0.3, 0.4) is 0 Å². The molecule has 0 radical (unpaired) electrons. The summed E-state index contributed by atoms with van der Waals surface area (Å²) in [5, 5.41) is 9.55. The SMILES string of the molecule is CC(C)(c1cccc(C#N)c1)c1cccc(C(c2ccccc2)(c2ccccc2)c2cccc(-c3ccc(F)cc3F)n2)n1. The number of pyridine rings is 2. The first kappa shape index (κ1) is 28.6. The van der Waals surface area contributed by atoms with Gasteiger partial charge in [0.2, 0.25) is 0 Å². The maximum absolute atomic E-state index is 15.0. The largest absolute Gasteiger partial charge is 0.255 e. The lowest BCUT2D eigenvalue weighted by Gasteiger charge is -2.36.